The van der Waals surface area contributed by atoms with Crippen LogP contribution in [0.2, 0.25) is 0 Å². The number of nitrogens with zero attached hydrogens (tertiary/aromatic N) is 3. The molecule has 0 aromatic carbocycles. The van der Waals surface area contributed by atoms with Crippen molar-refractivity contribution in [2.24, 2.45) is 0 Å². The maximum absolute atomic E-state index is 12.0. The predicted octanol–water partition coefficient (Wildman–Crippen LogP) is 2.99. The van der Waals surface area contributed by atoms with Crippen molar-refractivity contribution in [2.45, 2.75) is 45.6 Å². The summed E-state index contributed by atoms with van der Waals surface area (Å²) < 4.78 is 1.93. The van der Waals surface area contributed by atoms with Crippen LogP contribution in [-0.4, -0.2) is 20.5 Å². The van der Waals surface area contributed by atoms with Crippen LogP contribution in [0.25, 0.3) is 0 Å². The predicted molar refractivity (Wildman–Crippen MR) is 78.5 cm³/mol. The highest BCUT2D eigenvalue weighted by molar-refractivity contribution is 5.80. The van der Waals surface area contributed by atoms with Gasteiger partial charge in [-0.3, -0.25) is 14.5 Å². The molecule has 0 saturated heterocycles. The number of hydrogen-bond donors (Lipinski definition) is 0. The highest BCUT2D eigenvalue weighted by Crippen LogP contribution is 2.10. The van der Waals surface area contributed by atoms with Crippen molar-refractivity contribution in [1.29, 1.82) is 0 Å². The van der Waals surface area contributed by atoms with E-state index in [1.54, 1.807) is 6.20 Å². The molecule has 0 radical (unpaired) electrons. The highest BCUT2D eigenvalue weighted by Gasteiger charge is 2.09. The molecule has 0 fully saturated rings. The molecule has 20 heavy (non-hydrogen) atoms. The SMILES string of the molecule is CCC(C)n1ccc(CC(=O)CCc2cccnc2)n1. The molecule has 0 N–H and O–H groups in total. The van der Waals surface area contributed by atoms with E-state index in [2.05, 4.69) is 23.9 Å². The first-order chi connectivity index (χ1) is 9.69. The summed E-state index contributed by atoms with van der Waals surface area (Å²) in [6.07, 6.45) is 8.26. The number of carbonyl (C=O) groups is 1. The molecule has 0 amide bonds. The summed E-state index contributed by atoms with van der Waals surface area (Å²) in [7, 11) is 0. The average molecular weight is 271 g/mol. The maximum Gasteiger partial charge on any atom is 0.139 e. The fraction of sp³-hybridized carbons (Fsp3) is 0.438. The van der Waals surface area contributed by atoms with E-state index in [0.717, 1.165) is 24.1 Å². The van der Waals surface area contributed by atoms with Crippen LogP contribution in [0.3, 0.4) is 0 Å². The number of hydrogen-bond acceptors (Lipinski definition) is 3. The van der Waals surface area contributed by atoms with Crippen LogP contribution in [0.4, 0.5) is 0 Å². The van der Waals surface area contributed by atoms with Gasteiger partial charge in [-0.05, 0) is 37.5 Å². The zero-order valence-corrected chi connectivity index (χ0v) is 12.1. The Kier molecular flexibility index (Phi) is 5.04. The van der Waals surface area contributed by atoms with Gasteiger partial charge in [-0.25, -0.2) is 0 Å². The van der Waals surface area contributed by atoms with Crippen LogP contribution in [0, 0.1) is 0 Å². The van der Waals surface area contributed by atoms with E-state index in [9.17, 15) is 4.79 Å². The topological polar surface area (TPSA) is 47.8 Å². The molecule has 2 rings (SSSR count). The largest absolute Gasteiger partial charge is 0.299 e. The molecular formula is C16H21N3O. The Morgan fingerprint density at radius 1 is 1.40 bits per heavy atom. The summed E-state index contributed by atoms with van der Waals surface area (Å²) >= 11 is 0. The Morgan fingerprint density at radius 2 is 2.25 bits per heavy atom. The van der Waals surface area contributed by atoms with Crippen LogP contribution in [0.5, 0.6) is 0 Å². The first kappa shape index (κ1) is 14.4. The molecule has 2 aromatic heterocycles. The van der Waals surface area contributed by atoms with Gasteiger partial charge in [-0.15, -0.1) is 0 Å². The van der Waals surface area contributed by atoms with E-state index in [1.165, 1.54) is 0 Å². The fourth-order valence-corrected chi connectivity index (χ4v) is 2.02. The summed E-state index contributed by atoms with van der Waals surface area (Å²) in [5.41, 5.74) is 1.97. The molecule has 0 aliphatic heterocycles. The van der Waals surface area contributed by atoms with Gasteiger partial charge >= 0.3 is 0 Å². The van der Waals surface area contributed by atoms with Crippen LogP contribution in [0.1, 0.15) is 44.0 Å². The smallest absolute Gasteiger partial charge is 0.139 e. The van der Waals surface area contributed by atoms with Crippen molar-refractivity contribution < 1.29 is 4.79 Å². The Bertz CT molecular complexity index is 548. The molecule has 1 unspecified atom stereocenters. The molecule has 2 heterocycles. The number of ketones is 1. The van der Waals surface area contributed by atoms with Gasteiger partial charge in [0.2, 0.25) is 0 Å². The molecule has 106 valence electrons. The normalized spacial score (nSPS) is 12.3. The van der Waals surface area contributed by atoms with Crippen molar-refractivity contribution in [3.63, 3.8) is 0 Å². The summed E-state index contributed by atoms with van der Waals surface area (Å²) in [6, 6.07) is 6.22. The third-order valence-corrected chi connectivity index (χ3v) is 3.50. The molecule has 0 saturated carbocycles. The fourth-order valence-electron chi connectivity index (χ4n) is 2.02. The monoisotopic (exact) mass is 271 g/mol. The van der Waals surface area contributed by atoms with E-state index >= 15 is 0 Å². The molecule has 1 atom stereocenters. The van der Waals surface area contributed by atoms with Gasteiger partial charge in [-0.1, -0.05) is 13.0 Å². The minimum absolute atomic E-state index is 0.225. The summed E-state index contributed by atoms with van der Waals surface area (Å²) in [5, 5.41) is 4.46. The Hall–Kier alpha value is -1.97. The molecule has 2 aromatic rings. The number of aryl methyl sites for hydroxylation is 1. The number of aromatic nitrogens is 3. The van der Waals surface area contributed by atoms with E-state index in [0.29, 0.717) is 18.9 Å². The van der Waals surface area contributed by atoms with Crippen molar-refractivity contribution in [3.05, 3.63) is 48.0 Å². The lowest BCUT2D eigenvalue weighted by Crippen LogP contribution is -2.08. The second kappa shape index (κ2) is 6.98. The Morgan fingerprint density at radius 3 is 2.95 bits per heavy atom. The first-order valence-corrected chi connectivity index (χ1v) is 7.13. The van der Waals surface area contributed by atoms with E-state index < -0.39 is 0 Å². The molecule has 4 nitrogen and oxygen atoms in total. The van der Waals surface area contributed by atoms with Crippen molar-refractivity contribution in [2.75, 3.05) is 0 Å². The lowest BCUT2D eigenvalue weighted by Gasteiger charge is -2.08. The average Bonchev–Trinajstić information content (AvgIpc) is 2.94. The van der Waals surface area contributed by atoms with Crippen molar-refractivity contribution in [1.82, 2.24) is 14.8 Å². The van der Waals surface area contributed by atoms with Crippen LogP contribution >= 0.6 is 0 Å². The lowest BCUT2D eigenvalue weighted by molar-refractivity contribution is -0.118. The van der Waals surface area contributed by atoms with E-state index in [1.807, 2.05) is 35.3 Å². The zero-order chi connectivity index (χ0) is 14.4. The van der Waals surface area contributed by atoms with Gasteiger partial charge in [-0.2, -0.15) is 5.10 Å². The minimum atomic E-state index is 0.225. The molecular weight excluding hydrogens is 250 g/mol. The van der Waals surface area contributed by atoms with E-state index in [4.69, 9.17) is 0 Å². The standard InChI is InChI=1S/C16H21N3O/c1-3-13(2)19-10-8-15(18-19)11-16(20)7-6-14-5-4-9-17-12-14/h4-5,8-10,12-13H,3,6-7,11H2,1-2H3. The summed E-state index contributed by atoms with van der Waals surface area (Å²) in [5.74, 6) is 0.225. The Balaban J connectivity index is 1.84. The van der Waals surface area contributed by atoms with E-state index in [-0.39, 0.29) is 5.78 Å². The van der Waals surface area contributed by atoms with Gasteiger partial charge in [0.1, 0.15) is 5.78 Å². The Labute approximate surface area is 119 Å². The van der Waals surface area contributed by atoms with Crippen LogP contribution in [0.15, 0.2) is 36.8 Å². The molecule has 0 aliphatic carbocycles. The van der Waals surface area contributed by atoms with Gasteiger partial charge < -0.3 is 0 Å². The highest BCUT2D eigenvalue weighted by atomic mass is 16.1. The number of pyridine rings is 1. The summed E-state index contributed by atoms with van der Waals surface area (Å²) in [6.45, 7) is 4.26. The second-order valence-corrected chi connectivity index (χ2v) is 5.12. The van der Waals surface area contributed by atoms with Gasteiger partial charge in [0, 0.05) is 31.1 Å². The van der Waals surface area contributed by atoms with Gasteiger partial charge in [0.25, 0.3) is 0 Å². The quantitative estimate of drug-likeness (QED) is 0.777. The minimum Gasteiger partial charge on any atom is -0.299 e. The molecule has 0 aliphatic rings. The van der Waals surface area contributed by atoms with Gasteiger partial charge in [0.05, 0.1) is 12.1 Å². The number of carbonyl (C=O) groups excluding carboxylic acids is 1. The van der Waals surface area contributed by atoms with Crippen LogP contribution < -0.4 is 0 Å². The number of Topliss-reactive ketones (excluding diaryl/α,β-unsaturated/α-hetero) is 1. The number of rotatable bonds is 7. The maximum atomic E-state index is 12.0. The third-order valence-electron chi connectivity index (χ3n) is 3.50. The van der Waals surface area contributed by atoms with Gasteiger partial charge in [0.15, 0.2) is 0 Å². The lowest BCUT2D eigenvalue weighted by atomic mass is 10.1. The molecule has 0 spiro atoms. The molecule has 4 heteroatoms. The van der Waals surface area contributed by atoms with Crippen LogP contribution in [-0.2, 0) is 17.6 Å². The van der Waals surface area contributed by atoms with Crippen molar-refractivity contribution >= 4 is 5.78 Å². The third kappa shape index (κ3) is 4.02. The van der Waals surface area contributed by atoms with Crippen molar-refractivity contribution in [3.8, 4) is 0 Å². The summed E-state index contributed by atoms with van der Waals surface area (Å²) in [4.78, 5) is 16.0. The molecule has 0 bridgehead atoms. The first-order valence-electron chi connectivity index (χ1n) is 7.13. The zero-order valence-electron chi connectivity index (χ0n) is 12.1. The second-order valence-electron chi connectivity index (χ2n) is 5.12.